The van der Waals surface area contributed by atoms with Gasteiger partial charge in [-0.2, -0.15) is 0 Å². The van der Waals surface area contributed by atoms with Crippen LogP contribution in [0.15, 0.2) is 11.6 Å². The number of hydrogen-bond acceptors (Lipinski definition) is 11. The second-order valence-electron chi connectivity index (χ2n) is 12.5. The molecule has 2 rings (SSSR count). The molecular formula is C29H52N2O9. The maximum absolute atomic E-state index is 13.2. The minimum absolute atomic E-state index is 0.00291. The predicted molar refractivity (Wildman–Crippen MR) is 150 cm³/mol. The molecule has 1 saturated heterocycles. The number of carbonyl (C=O) groups is 1. The van der Waals surface area contributed by atoms with E-state index in [1.807, 2.05) is 25.9 Å². The lowest BCUT2D eigenvalue weighted by molar-refractivity contribution is -0.298. The van der Waals surface area contributed by atoms with Crippen LogP contribution >= 0.6 is 0 Å². The van der Waals surface area contributed by atoms with Gasteiger partial charge >= 0.3 is 5.97 Å². The molecule has 2 aliphatic heterocycles. The van der Waals surface area contributed by atoms with E-state index in [2.05, 4.69) is 0 Å². The third kappa shape index (κ3) is 7.89. The van der Waals surface area contributed by atoms with E-state index in [0.29, 0.717) is 6.42 Å². The number of aliphatic hydroxyl groups is 5. The number of rotatable bonds is 5. The van der Waals surface area contributed by atoms with Crippen LogP contribution in [-0.2, 0) is 19.0 Å². The van der Waals surface area contributed by atoms with E-state index in [-0.39, 0.29) is 36.3 Å². The van der Waals surface area contributed by atoms with Gasteiger partial charge in [0.05, 0.1) is 36.4 Å². The van der Waals surface area contributed by atoms with Crippen LogP contribution in [0, 0.1) is 23.2 Å². The number of aliphatic hydroxyl groups excluding tert-OH is 3. The van der Waals surface area contributed by atoms with Crippen molar-refractivity contribution in [3.8, 4) is 0 Å². The highest BCUT2D eigenvalue weighted by molar-refractivity contribution is 5.99. The lowest BCUT2D eigenvalue weighted by Gasteiger charge is -2.46. The van der Waals surface area contributed by atoms with Gasteiger partial charge in [0.1, 0.15) is 17.8 Å². The van der Waals surface area contributed by atoms with Gasteiger partial charge in [0.25, 0.3) is 0 Å². The van der Waals surface area contributed by atoms with Gasteiger partial charge < -0.3 is 50.1 Å². The van der Waals surface area contributed by atoms with Crippen LogP contribution in [0.5, 0.6) is 0 Å². The van der Waals surface area contributed by atoms with Crippen molar-refractivity contribution >= 4 is 11.7 Å². The molecule has 0 amide bonds. The smallest absolute Gasteiger partial charge is 0.311 e. The summed E-state index contributed by atoms with van der Waals surface area (Å²) in [6.45, 7) is 10.9. The standard InChI is InChI=1S/C29H52N2O9/c1-10-21-28(6,36)13-19(14-32)22(30)15(2)12-29(7,37)25(17(4)23(33)18(5)26(35)39-21)40-27-24(34)20(31(8)9)11-16(3)38-27/h13,15-18,20-21,23-25,27,30,32-34,36-37H,10-12,14H2,1-9H3/b19-13+,30-22?/t15-,16-,17+,18-,20+,21-,23+,24-,25-,27+,28+,29+/m1/s1. The minimum atomic E-state index is -1.70. The average Bonchev–Trinajstić information content (AvgIpc) is 2.87. The van der Waals surface area contributed by atoms with Gasteiger partial charge in [0.15, 0.2) is 6.29 Å². The Balaban J connectivity index is 2.58. The molecule has 40 heavy (non-hydrogen) atoms. The fourth-order valence-corrected chi connectivity index (χ4v) is 6.08. The largest absolute Gasteiger partial charge is 0.459 e. The Kier molecular flexibility index (Phi) is 11.9. The Morgan fingerprint density at radius 2 is 1.73 bits per heavy atom. The first-order valence-electron chi connectivity index (χ1n) is 14.3. The molecule has 0 aromatic rings. The molecule has 0 aliphatic carbocycles. The van der Waals surface area contributed by atoms with Crippen molar-refractivity contribution in [2.75, 3.05) is 20.7 Å². The fourth-order valence-electron chi connectivity index (χ4n) is 6.08. The number of likely N-dealkylation sites (N-methyl/N-ethyl adjacent to an activating group) is 1. The van der Waals surface area contributed by atoms with Crippen LogP contribution < -0.4 is 0 Å². The zero-order valence-electron chi connectivity index (χ0n) is 25.5. The van der Waals surface area contributed by atoms with Crippen molar-refractivity contribution in [1.29, 1.82) is 5.41 Å². The second-order valence-corrected chi connectivity index (χ2v) is 12.5. The first-order valence-corrected chi connectivity index (χ1v) is 14.3. The second kappa shape index (κ2) is 13.7. The maximum Gasteiger partial charge on any atom is 0.311 e. The molecule has 0 saturated carbocycles. The summed E-state index contributed by atoms with van der Waals surface area (Å²) in [7, 11) is 3.70. The molecule has 1 fully saturated rings. The molecule has 0 spiro atoms. The van der Waals surface area contributed by atoms with Gasteiger partial charge in [0, 0.05) is 23.6 Å². The fraction of sp³-hybridized carbons (Fsp3) is 0.862. The zero-order chi connectivity index (χ0) is 30.7. The number of nitrogens with zero attached hydrogens (tertiary/aromatic N) is 1. The van der Waals surface area contributed by atoms with E-state index >= 15 is 0 Å². The molecule has 11 heteroatoms. The zero-order valence-corrected chi connectivity index (χ0v) is 25.5. The summed E-state index contributed by atoms with van der Waals surface area (Å²) < 4.78 is 17.9. The highest BCUT2D eigenvalue weighted by Crippen LogP contribution is 2.36. The van der Waals surface area contributed by atoms with Crippen LogP contribution in [-0.4, -0.2) is 117 Å². The number of nitrogens with one attached hydrogen (secondary N) is 1. The minimum Gasteiger partial charge on any atom is -0.459 e. The lowest BCUT2D eigenvalue weighted by Crippen LogP contribution is -2.59. The van der Waals surface area contributed by atoms with E-state index in [0.717, 1.165) is 0 Å². The van der Waals surface area contributed by atoms with Crippen LogP contribution in [0.1, 0.15) is 67.7 Å². The van der Waals surface area contributed by atoms with Crippen LogP contribution in [0.4, 0.5) is 0 Å². The highest BCUT2D eigenvalue weighted by Gasteiger charge is 2.48. The summed E-state index contributed by atoms with van der Waals surface area (Å²) >= 11 is 0. The highest BCUT2D eigenvalue weighted by atomic mass is 16.7. The van der Waals surface area contributed by atoms with Crippen LogP contribution in [0.25, 0.3) is 0 Å². The van der Waals surface area contributed by atoms with Crippen molar-refractivity contribution in [3.63, 3.8) is 0 Å². The SMILES string of the molecule is CC[C@H]1OC(=O)[C@H](C)[C@@H](O)[C@H](C)[C@@H](O[C@@H]2O[C@H](C)C[C@H](N(C)C)[C@H]2O)[C@@](C)(O)C[C@@H](C)C(=N)/C(CO)=C/[C@]1(C)O. The number of carbonyl (C=O) groups excluding carboxylic acids is 1. The van der Waals surface area contributed by atoms with Gasteiger partial charge in [-0.3, -0.25) is 4.79 Å². The molecule has 0 unspecified atom stereocenters. The van der Waals surface area contributed by atoms with E-state index in [4.69, 9.17) is 19.6 Å². The summed E-state index contributed by atoms with van der Waals surface area (Å²) in [6, 6.07) is -0.269. The predicted octanol–water partition coefficient (Wildman–Crippen LogP) is 1.23. The normalized spacial score (nSPS) is 45.9. The summed E-state index contributed by atoms with van der Waals surface area (Å²) in [6.07, 6.45) is -3.74. The van der Waals surface area contributed by atoms with Gasteiger partial charge in [0.2, 0.25) is 0 Å². The van der Waals surface area contributed by atoms with Gasteiger partial charge in [-0.25, -0.2) is 0 Å². The molecular weight excluding hydrogens is 520 g/mol. The van der Waals surface area contributed by atoms with Gasteiger partial charge in [-0.15, -0.1) is 0 Å². The van der Waals surface area contributed by atoms with Crippen molar-refractivity contribution in [3.05, 3.63) is 11.6 Å². The molecule has 232 valence electrons. The number of cyclic esters (lactones) is 1. The molecule has 11 nitrogen and oxygen atoms in total. The van der Waals surface area contributed by atoms with E-state index in [1.54, 1.807) is 20.8 Å². The summed E-state index contributed by atoms with van der Waals surface area (Å²) in [5.74, 6) is -3.25. The van der Waals surface area contributed by atoms with E-state index < -0.39 is 72.2 Å². The van der Waals surface area contributed by atoms with Crippen LogP contribution in [0.3, 0.4) is 0 Å². The summed E-state index contributed by atoms with van der Waals surface area (Å²) in [5.41, 5.74) is -3.23. The Morgan fingerprint density at radius 1 is 1.12 bits per heavy atom. The third-order valence-corrected chi connectivity index (χ3v) is 8.55. The van der Waals surface area contributed by atoms with Gasteiger partial charge in [-0.1, -0.05) is 20.8 Å². The van der Waals surface area contributed by atoms with Gasteiger partial charge in [-0.05, 0) is 72.7 Å². The average molecular weight is 573 g/mol. The van der Waals surface area contributed by atoms with Crippen molar-refractivity contribution in [2.45, 2.75) is 122 Å². The quantitative estimate of drug-likeness (QED) is 0.263. The number of esters is 1. The first-order chi connectivity index (χ1) is 18.4. The summed E-state index contributed by atoms with van der Waals surface area (Å²) in [4.78, 5) is 15.0. The topological polar surface area (TPSA) is 173 Å². The molecule has 0 aromatic carbocycles. The number of ether oxygens (including phenoxy) is 3. The monoisotopic (exact) mass is 572 g/mol. The van der Waals surface area contributed by atoms with E-state index in [1.165, 1.54) is 26.8 Å². The first kappa shape index (κ1) is 34.8. The Morgan fingerprint density at radius 3 is 2.25 bits per heavy atom. The Bertz CT molecular complexity index is 906. The molecule has 2 aliphatic rings. The van der Waals surface area contributed by atoms with Crippen LogP contribution in [0.2, 0.25) is 0 Å². The molecule has 0 bridgehead atoms. The molecule has 0 aromatic heterocycles. The van der Waals surface area contributed by atoms with Crippen molar-refractivity contribution in [1.82, 2.24) is 4.90 Å². The Hall–Kier alpha value is -1.44. The Labute approximate surface area is 238 Å². The van der Waals surface area contributed by atoms with E-state index in [9.17, 15) is 30.3 Å². The maximum atomic E-state index is 13.2. The molecule has 12 atom stereocenters. The molecule has 2 heterocycles. The lowest BCUT2D eigenvalue weighted by atomic mass is 9.76. The molecule has 0 radical (unpaired) electrons. The third-order valence-electron chi connectivity index (χ3n) is 8.55. The van der Waals surface area contributed by atoms with Crippen molar-refractivity contribution in [2.24, 2.45) is 17.8 Å². The molecule has 6 N–H and O–H groups in total. The number of hydrogen-bond donors (Lipinski definition) is 6. The van der Waals surface area contributed by atoms with Crippen molar-refractivity contribution < 1.29 is 44.5 Å². The summed E-state index contributed by atoms with van der Waals surface area (Å²) in [5, 5.41) is 64.3.